The molecule has 0 heterocycles. The lowest BCUT2D eigenvalue weighted by molar-refractivity contribution is 0.0693. The number of carbonyl (C=O) groups is 1. The van der Waals surface area contributed by atoms with E-state index in [2.05, 4.69) is 4.72 Å². The van der Waals surface area contributed by atoms with Crippen LogP contribution in [0.1, 0.15) is 22.8 Å². The molecule has 3 N–H and O–H groups in total. The number of phenols is 1. The zero-order valence-corrected chi connectivity index (χ0v) is 12.6. The Bertz CT molecular complexity index is 814. The molecule has 7 heteroatoms. The average Bonchev–Trinajstić information content (AvgIpc) is 2.47. The Labute approximate surface area is 128 Å². The van der Waals surface area contributed by atoms with E-state index in [1.807, 2.05) is 6.92 Å². The van der Waals surface area contributed by atoms with Gasteiger partial charge in [-0.15, -0.1) is 0 Å². The molecule has 0 aromatic heterocycles. The van der Waals surface area contributed by atoms with Crippen LogP contribution in [0, 0.1) is 0 Å². The van der Waals surface area contributed by atoms with Crippen molar-refractivity contribution in [2.75, 3.05) is 4.72 Å². The number of sulfonamides is 1. The predicted molar refractivity (Wildman–Crippen MR) is 81.7 cm³/mol. The Morgan fingerprint density at radius 1 is 1.18 bits per heavy atom. The molecule has 2 rings (SSSR count). The monoisotopic (exact) mass is 321 g/mol. The first kappa shape index (κ1) is 15.8. The van der Waals surface area contributed by atoms with Crippen molar-refractivity contribution in [1.29, 1.82) is 0 Å². The molecule has 0 radical (unpaired) electrons. The highest BCUT2D eigenvalue weighted by atomic mass is 32.2. The van der Waals surface area contributed by atoms with Crippen LogP contribution in [0.3, 0.4) is 0 Å². The van der Waals surface area contributed by atoms with Gasteiger partial charge in [0.15, 0.2) is 0 Å². The third-order valence-corrected chi connectivity index (χ3v) is 4.51. The highest BCUT2D eigenvalue weighted by Gasteiger charge is 2.19. The van der Waals surface area contributed by atoms with E-state index in [1.54, 1.807) is 24.3 Å². The smallest absolute Gasteiger partial charge is 0.339 e. The van der Waals surface area contributed by atoms with Crippen LogP contribution in [0.4, 0.5) is 5.69 Å². The number of aromatic carboxylic acids is 1. The van der Waals surface area contributed by atoms with Crippen molar-refractivity contribution in [2.24, 2.45) is 0 Å². The maximum absolute atomic E-state index is 12.4. The Hall–Kier alpha value is -2.54. The second-order valence-corrected chi connectivity index (χ2v) is 6.28. The summed E-state index contributed by atoms with van der Waals surface area (Å²) in [7, 11) is -3.94. The number of anilines is 1. The molecule has 0 fully saturated rings. The predicted octanol–water partition coefficient (Wildman–Crippen LogP) is 2.45. The molecule has 116 valence electrons. The first-order valence-corrected chi connectivity index (χ1v) is 8.00. The summed E-state index contributed by atoms with van der Waals surface area (Å²) in [5.74, 6) is -1.89. The molecule has 0 saturated carbocycles. The fraction of sp³-hybridized carbons (Fsp3) is 0.133. The molecule has 22 heavy (non-hydrogen) atoms. The summed E-state index contributed by atoms with van der Waals surface area (Å²) in [6, 6.07) is 10.1. The van der Waals surface area contributed by atoms with Crippen LogP contribution in [0.15, 0.2) is 47.4 Å². The Balaban J connectivity index is 2.43. The van der Waals surface area contributed by atoms with Crippen molar-refractivity contribution in [3.63, 3.8) is 0 Å². The van der Waals surface area contributed by atoms with Crippen LogP contribution in [-0.2, 0) is 16.4 Å². The number of benzene rings is 2. The van der Waals surface area contributed by atoms with Gasteiger partial charge in [0.1, 0.15) is 11.3 Å². The standard InChI is InChI=1S/C15H15NO5S/c1-2-10-5-3-4-6-13(10)16-22(20,21)11-7-8-14(17)12(9-11)15(18)19/h3-9,16-17H,2H2,1H3,(H,18,19). The number of hydrogen-bond donors (Lipinski definition) is 3. The van der Waals surface area contributed by atoms with Crippen molar-refractivity contribution >= 4 is 21.7 Å². The topological polar surface area (TPSA) is 104 Å². The molecule has 0 aliphatic carbocycles. The van der Waals surface area contributed by atoms with Crippen LogP contribution in [0.5, 0.6) is 5.75 Å². The SMILES string of the molecule is CCc1ccccc1NS(=O)(=O)c1ccc(O)c(C(=O)O)c1. The van der Waals surface area contributed by atoms with Gasteiger partial charge in [-0.1, -0.05) is 25.1 Å². The van der Waals surface area contributed by atoms with Gasteiger partial charge in [-0.25, -0.2) is 13.2 Å². The summed E-state index contributed by atoms with van der Waals surface area (Å²) in [6.45, 7) is 1.90. The van der Waals surface area contributed by atoms with E-state index in [0.29, 0.717) is 12.1 Å². The van der Waals surface area contributed by atoms with Gasteiger partial charge < -0.3 is 10.2 Å². The number of aromatic hydroxyl groups is 1. The largest absolute Gasteiger partial charge is 0.507 e. The van der Waals surface area contributed by atoms with Crippen LogP contribution >= 0.6 is 0 Å². The molecule has 2 aromatic rings. The number of carboxylic acid groups (broad SMARTS) is 1. The third kappa shape index (κ3) is 3.20. The minimum Gasteiger partial charge on any atom is -0.507 e. The van der Waals surface area contributed by atoms with Crippen LogP contribution in [-0.4, -0.2) is 24.6 Å². The van der Waals surface area contributed by atoms with Crippen LogP contribution in [0.2, 0.25) is 0 Å². The molecule has 0 aliphatic heterocycles. The molecule has 0 amide bonds. The summed E-state index contributed by atoms with van der Waals surface area (Å²) in [4.78, 5) is 10.8. The number of aryl methyl sites for hydroxylation is 1. The first-order chi connectivity index (χ1) is 10.3. The zero-order valence-electron chi connectivity index (χ0n) is 11.8. The third-order valence-electron chi connectivity index (χ3n) is 3.15. The van der Waals surface area contributed by atoms with Gasteiger partial charge in [0.25, 0.3) is 10.0 Å². The zero-order chi connectivity index (χ0) is 16.3. The molecule has 0 aliphatic rings. The Kier molecular flexibility index (Phi) is 4.37. The highest BCUT2D eigenvalue weighted by molar-refractivity contribution is 7.92. The van der Waals surface area contributed by atoms with Gasteiger partial charge in [-0.2, -0.15) is 0 Å². The van der Waals surface area contributed by atoms with Gasteiger partial charge in [-0.3, -0.25) is 4.72 Å². The minimum absolute atomic E-state index is 0.228. The van der Waals surface area contributed by atoms with Gasteiger partial charge in [0.2, 0.25) is 0 Å². The number of para-hydroxylation sites is 1. The highest BCUT2D eigenvalue weighted by Crippen LogP contribution is 2.24. The van der Waals surface area contributed by atoms with E-state index >= 15 is 0 Å². The van der Waals surface area contributed by atoms with Crippen LogP contribution in [0.25, 0.3) is 0 Å². The lowest BCUT2D eigenvalue weighted by Gasteiger charge is -2.12. The number of carboxylic acids is 1. The van der Waals surface area contributed by atoms with Crippen molar-refractivity contribution < 1.29 is 23.4 Å². The Morgan fingerprint density at radius 2 is 1.86 bits per heavy atom. The van der Waals surface area contributed by atoms with Gasteiger partial charge in [-0.05, 0) is 36.2 Å². The van der Waals surface area contributed by atoms with Crippen LogP contribution < -0.4 is 4.72 Å². The quantitative estimate of drug-likeness (QED) is 0.785. The van der Waals surface area contributed by atoms with Crippen molar-refractivity contribution in [2.45, 2.75) is 18.2 Å². The molecule has 2 aromatic carbocycles. The summed E-state index contributed by atoms with van der Waals surface area (Å²) in [5, 5.41) is 18.4. The maximum Gasteiger partial charge on any atom is 0.339 e. The molecule has 6 nitrogen and oxygen atoms in total. The Morgan fingerprint density at radius 3 is 2.50 bits per heavy atom. The lowest BCUT2D eigenvalue weighted by Crippen LogP contribution is -2.15. The fourth-order valence-corrected chi connectivity index (χ4v) is 3.11. The summed E-state index contributed by atoms with van der Waals surface area (Å²) < 4.78 is 27.2. The van der Waals surface area contributed by atoms with E-state index in [9.17, 15) is 18.3 Å². The summed E-state index contributed by atoms with van der Waals surface area (Å²) in [6.07, 6.45) is 0.647. The number of nitrogens with one attached hydrogen (secondary N) is 1. The molecule has 0 bridgehead atoms. The fourth-order valence-electron chi connectivity index (χ4n) is 1.99. The first-order valence-electron chi connectivity index (χ1n) is 6.52. The summed E-state index contributed by atoms with van der Waals surface area (Å²) >= 11 is 0. The summed E-state index contributed by atoms with van der Waals surface area (Å²) in [5.41, 5.74) is 0.796. The van der Waals surface area contributed by atoms with Gasteiger partial charge >= 0.3 is 5.97 Å². The van der Waals surface area contributed by atoms with E-state index in [-0.39, 0.29) is 4.90 Å². The second kappa shape index (κ2) is 6.07. The van der Waals surface area contributed by atoms with Crippen molar-refractivity contribution in [3.05, 3.63) is 53.6 Å². The minimum atomic E-state index is -3.94. The maximum atomic E-state index is 12.4. The molecule has 0 atom stereocenters. The normalized spacial score (nSPS) is 11.1. The van der Waals surface area contributed by atoms with E-state index in [1.165, 1.54) is 0 Å². The number of hydrogen-bond acceptors (Lipinski definition) is 4. The molecule has 0 unspecified atom stereocenters. The van der Waals surface area contributed by atoms with Crippen molar-refractivity contribution in [3.8, 4) is 5.75 Å². The molecular formula is C15H15NO5S. The molecular weight excluding hydrogens is 306 g/mol. The lowest BCUT2D eigenvalue weighted by atomic mass is 10.1. The van der Waals surface area contributed by atoms with E-state index < -0.39 is 27.3 Å². The molecule has 0 spiro atoms. The van der Waals surface area contributed by atoms with E-state index in [4.69, 9.17) is 5.11 Å². The van der Waals surface area contributed by atoms with Gasteiger partial charge in [0, 0.05) is 0 Å². The average molecular weight is 321 g/mol. The van der Waals surface area contributed by atoms with Gasteiger partial charge in [0.05, 0.1) is 10.6 Å². The second-order valence-electron chi connectivity index (χ2n) is 4.60. The molecule has 0 saturated heterocycles. The van der Waals surface area contributed by atoms with E-state index in [0.717, 1.165) is 23.8 Å². The number of rotatable bonds is 5. The van der Waals surface area contributed by atoms with Crippen molar-refractivity contribution in [1.82, 2.24) is 0 Å².